The first-order valence-electron chi connectivity index (χ1n) is 9.11. The molecule has 152 valence electrons. The van der Waals surface area contributed by atoms with E-state index in [-0.39, 0.29) is 10.7 Å². The number of carbonyl (C=O) groups excluding carboxylic acids is 1. The van der Waals surface area contributed by atoms with Crippen LogP contribution in [0.15, 0.2) is 57.8 Å². The van der Waals surface area contributed by atoms with Crippen LogP contribution in [0.25, 0.3) is 11.0 Å². The summed E-state index contributed by atoms with van der Waals surface area (Å²) in [5.41, 5.74) is 6.79. The predicted molar refractivity (Wildman–Crippen MR) is 109 cm³/mol. The van der Waals surface area contributed by atoms with E-state index in [4.69, 9.17) is 14.9 Å². The SMILES string of the molecule is COc1ccc(S(=O)(=O)N2CCN(c3ccc4oc(C(N)=O)cc4c3)CC2)cc1. The number of benzene rings is 2. The number of methoxy groups -OCH3 is 1. The number of carbonyl (C=O) groups is 1. The van der Waals surface area contributed by atoms with E-state index in [1.54, 1.807) is 36.4 Å². The molecule has 0 unspecified atom stereocenters. The van der Waals surface area contributed by atoms with Crippen molar-refractivity contribution in [3.8, 4) is 5.75 Å². The zero-order valence-corrected chi connectivity index (χ0v) is 16.7. The lowest BCUT2D eigenvalue weighted by atomic mass is 10.2. The minimum absolute atomic E-state index is 0.118. The molecule has 0 radical (unpaired) electrons. The second kappa shape index (κ2) is 7.41. The van der Waals surface area contributed by atoms with E-state index in [2.05, 4.69) is 4.90 Å². The number of ether oxygens (including phenoxy) is 1. The Morgan fingerprint density at radius 1 is 1.03 bits per heavy atom. The van der Waals surface area contributed by atoms with Crippen LogP contribution in [0.3, 0.4) is 0 Å². The zero-order valence-electron chi connectivity index (χ0n) is 15.9. The van der Waals surface area contributed by atoms with Crippen LogP contribution in [0.5, 0.6) is 5.75 Å². The van der Waals surface area contributed by atoms with Crippen molar-refractivity contribution in [1.29, 1.82) is 0 Å². The lowest BCUT2D eigenvalue weighted by Crippen LogP contribution is -2.48. The second-order valence-corrected chi connectivity index (χ2v) is 8.70. The van der Waals surface area contributed by atoms with Crippen LogP contribution in [0.2, 0.25) is 0 Å². The van der Waals surface area contributed by atoms with Crippen molar-refractivity contribution in [1.82, 2.24) is 4.31 Å². The van der Waals surface area contributed by atoms with E-state index >= 15 is 0 Å². The topological polar surface area (TPSA) is 106 Å². The van der Waals surface area contributed by atoms with Crippen molar-refractivity contribution in [3.05, 3.63) is 54.3 Å². The van der Waals surface area contributed by atoms with Gasteiger partial charge in [0, 0.05) is 37.3 Å². The summed E-state index contributed by atoms with van der Waals surface area (Å²) >= 11 is 0. The highest BCUT2D eigenvalue weighted by atomic mass is 32.2. The maximum atomic E-state index is 12.9. The van der Waals surface area contributed by atoms with Crippen LogP contribution in [0.4, 0.5) is 5.69 Å². The summed E-state index contributed by atoms with van der Waals surface area (Å²) in [5, 5.41) is 0.782. The van der Waals surface area contributed by atoms with Crippen molar-refractivity contribution in [2.24, 2.45) is 5.73 Å². The molecule has 1 aliphatic rings. The minimum Gasteiger partial charge on any atom is -0.497 e. The van der Waals surface area contributed by atoms with Crippen LogP contribution in [-0.4, -0.2) is 51.9 Å². The van der Waals surface area contributed by atoms with Crippen molar-refractivity contribution in [2.75, 3.05) is 38.2 Å². The number of sulfonamides is 1. The molecule has 0 aliphatic carbocycles. The fourth-order valence-electron chi connectivity index (χ4n) is 3.43. The van der Waals surface area contributed by atoms with Gasteiger partial charge in [0.25, 0.3) is 5.91 Å². The molecule has 1 aliphatic heterocycles. The smallest absolute Gasteiger partial charge is 0.284 e. The number of piperazine rings is 1. The molecule has 9 heteroatoms. The maximum absolute atomic E-state index is 12.9. The van der Waals surface area contributed by atoms with Crippen LogP contribution in [0.1, 0.15) is 10.6 Å². The summed E-state index contributed by atoms with van der Waals surface area (Å²) in [6, 6.07) is 13.6. The number of hydrogen-bond acceptors (Lipinski definition) is 6. The number of amides is 1. The Bertz CT molecular complexity index is 1150. The number of nitrogens with zero attached hydrogens (tertiary/aromatic N) is 2. The second-order valence-electron chi connectivity index (χ2n) is 6.76. The third-order valence-corrected chi connectivity index (χ3v) is 6.96. The van der Waals surface area contributed by atoms with E-state index in [0.29, 0.717) is 37.5 Å². The third kappa shape index (κ3) is 3.66. The number of primary amides is 1. The Kier molecular flexibility index (Phi) is 4.93. The Morgan fingerprint density at radius 3 is 2.34 bits per heavy atom. The maximum Gasteiger partial charge on any atom is 0.284 e. The van der Waals surface area contributed by atoms with Crippen LogP contribution < -0.4 is 15.4 Å². The van der Waals surface area contributed by atoms with Crippen LogP contribution in [0, 0.1) is 0 Å². The molecular formula is C20H21N3O5S. The molecule has 2 N–H and O–H groups in total. The van der Waals surface area contributed by atoms with E-state index < -0.39 is 15.9 Å². The molecule has 4 rings (SSSR count). The van der Waals surface area contributed by atoms with Gasteiger partial charge in [-0.25, -0.2) is 8.42 Å². The highest BCUT2D eigenvalue weighted by molar-refractivity contribution is 7.89. The molecule has 3 aromatic rings. The number of anilines is 1. The molecule has 1 fully saturated rings. The average Bonchev–Trinajstić information content (AvgIpc) is 3.18. The summed E-state index contributed by atoms with van der Waals surface area (Å²) < 4.78 is 37.8. The van der Waals surface area contributed by atoms with Gasteiger partial charge in [-0.05, 0) is 48.5 Å². The van der Waals surface area contributed by atoms with Gasteiger partial charge in [0.2, 0.25) is 10.0 Å². The molecule has 0 saturated carbocycles. The molecule has 2 aromatic carbocycles. The summed E-state index contributed by atoms with van der Waals surface area (Å²) in [7, 11) is -2.01. The minimum atomic E-state index is -3.55. The van der Waals surface area contributed by atoms with Gasteiger partial charge >= 0.3 is 0 Å². The Morgan fingerprint density at radius 2 is 1.72 bits per heavy atom. The van der Waals surface area contributed by atoms with Gasteiger partial charge in [0.05, 0.1) is 12.0 Å². The van der Waals surface area contributed by atoms with Crippen molar-refractivity contribution < 1.29 is 22.4 Å². The molecule has 0 bridgehead atoms. The van der Waals surface area contributed by atoms with Gasteiger partial charge in [-0.1, -0.05) is 0 Å². The van der Waals surface area contributed by atoms with Crippen molar-refractivity contribution in [3.63, 3.8) is 0 Å². The summed E-state index contributed by atoms with van der Waals surface area (Å²) in [6.07, 6.45) is 0. The van der Waals surface area contributed by atoms with Crippen LogP contribution >= 0.6 is 0 Å². The van der Waals surface area contributed by atoms with Crippen LogP contribution in [-0.2, 0) is 10.0 Å². The third-order valence-electron chi connectivity index (χ3n) is 5.04. The molecule has 8 nitrogen and oxygen atoms in total. The molecule has 0 atom stereocenters. The molecule has 1 saturated heterocycles. The molecule has 1 amide bonds. The number of nitrogens with two attached hydrogens (primary N) is 1. The van der Waals surface area contributed by atoms with Gasteiger partial charge in [-0.15, -0.1) is 0 Å². The molecule has 1 aromatic heterocycles. The van der Waals surface area contributed by atoms with Crippen molar-refractivity contribution >= 4 is 32.6 Å². The van der Waals surface area contributed by atoms with Gasteiger partial charge in [0.1, 0.15) is 11.3 Å². The normalized spacial score (nSPS) is 15.6. The highest BCUT2D eigenvalue weighted by Gasteiger charge is 2.28. The number of furan rings is 1. The number of rotatable bonds is 5. The first-order chi connectivity index (χ1) is 13.9. The molecule has 0 spiro atoms. The van der Waals surface area contributed by atoms with E-state index in [0.717, 1.165) is 11.1 Å². The molecule has 29 heavy (non-hydrogen) atoms. The van der Waals surface area contributed by atoms with E-state index in [1.165, 1.54) is 11.4 Å². The summed E-state index contributed by atoms with van der Waals surface area (Å²) in [6.45, 7) is 1.87. The van der Waals surface area contributed by atoms with Gasteiger partial charge < -0.3 is 19.8 Å². The molecule has 2 heterocycles. The number of hydrogen-bond donors (Lipinski definition) is 1. The van der Waals surface area contributed by atoms with Crippen molar-refractivity contribution in [2.45, 2.75) is 4.90 Å². The summed E-state index contributed by atoms with van der Waals surface area (Å²) in [4.78, 5) is 13.7. The lowest BCUT2D eigenvalue weighted by molar-refractivity contribution is 0.0976. The van der Waals surface area contributed by atoms with E-state index in [1.807, 2.05) is 12.1 Å². The van der Waals surface area contributed by atoms with Gasteiger partial charge in [-0.2, -0.15) is 4.31 Å². The fourth-order valence-corrected chi connectivity index (χ4v) is 4.85. The quantitative estimate of drug-likeness (QED) is 0.684. The molecular weight excluding hydrogens is 394 g/mol. The van der Waals surface area contributed by atoms with Gasteiger partial charge in [0.15, 0.2) is 5.76 Å². The Labute approximate surface area is 168 Å². The Balaban J connectivity index is 1.48. The lowest BCUT2D eigenvalue weighted by Gasteiger charge is -2.35. The highest BCUT2D eigenvalue weighted by Crippen LogP contribution is 2.27. The average molecular weight is 415 g/mol. The fraction of sp³-hybridized carbons (Fsp3) is 0.250. The number of fused-ring (bicyclic) bond motifs is 1. The largest absolute Gasteiger partial charge is 0.497 e. The monoisotopic (exact) mass is 415 g/mol. The summed E-state index contributed by atoms with van der Waals surface area (Å²) in [5.74, 6) is 0.121. The predicted octanol–water partition coefficient (Wildman–Crippen LogP) is 2.05. The zero-order chi connectivity index (χ0) is 20.6. The Hall–Kier alpha value is -3.04. The first kappa shape index (κ1) is 19.3. The van der Waals surface area contributed by atoms with E-state index in [9.17, 15) is 13.2 Å². The van der Waals surface area contributed by atoms with Gasteiger partial charge in [-0.3, -0.25) is 4.79 Å². The first-order valence-corrected chi connectivity index (χ1v) is 10.5. The standard InChI is InChI=1S/C20H21N3O5S/c1-27-16-3-5-17(6-4-16)29(25,26)23-10-8-22(9-11-23)15-2-7-18-14(12-15)13-19(28-18)20(21)24/h2-7,12-13H,8-11H2,1H3,(H2,21,24).